The molecule has 0 radical (unpaired) electrons. The molecular formula is C18H29NO3S. The summed E-state index contributed by atoms with van der Waals surface area (Å²) in [4.78, 5) is 0. The first kappa shape index (κ1) is 18.4. The first-order chi connectivity index (χ1) is 11.0. The van der Waals surface area contributed by atoms with Crippen LogP contribution in [0.25, 0.3) is 0 Å². The zero-order valence-electron chi connectivity index (χ0n) is 14.2. The normalized spacial score (nSPS) is 19.1. The summed E-state index contributed by atoms with van der Waals surface area (Å²) >= 11 is 0. The fourth-order valence-electron chi connectivity index (χ4n) is 3.32. The smallest absolute Gasteiger partial charge is 0.214 e. The summed E-state index contributed by atoms with van der Waals surface area (Å²) < 4.78 is 26.7. The van der Waals surface area contributed by atoms with Crippen LogP contribution in [0.5, 0.6) is 0 Å². The quantitative estimate of drug-likeness (QED) is 0.830. The van der Waals surface area contributed by atoms with Crippen molar-refractivity contribution < 1.29 is 13.5 Å². The molecule has 0 amide bonds. The topological polar surface area (TPSA) is 57.6 Å². The average molecular weight is 340 g/mol. The first-order valence-corrected chi connectivity index (χ1v) is 10.3. The van der Waals surface area contributed by atoms with Crippen molar-refractivity contribution in [2.75, 3.05) is 18.8 Å². The molecule has 1 atom stereocenters. The molecule has 23 heavy (non-hydrogen) atoms. The predicted octanol–water partition coefficient (Wildman–Crippen LogP) is 3.20. The maximum Gasteiger partial charge on any atom is 0.214 e. The molecular weight excluding hydrogens is 310 g/mol. The lowest BCUT2D eigenvalue weighted by molar-refractivity contribution is 0.0760. The number of nitrogens with zero attached hydrogens (tertiary/aromatic N) is 1. The molecule has 0 spiro atoms. The number of sulfonamides is 1. The van der Waals surface area contributed by atoms with Crippen LogP contribution in [0.3, 0.4) is 0 Å². The summed E-state index contributed by atoms with van der Waals surface area (Å²) in [6, 6.07) is 9.65. The highest BCUT2D eigenvalue weighted by molar-refractivity contribution is 7.89. The maximum absolute atomic E-state index is 12.5. The van der Waals surface area contributed by atoms with E-state index in [1.807, 2.05) is 44.2 Å². The molecule has 1 heterocycles. The van der Waals surface area contributed by atoms with Crippen LogP contribution < -0.4 is 0 Å². The van der Waals surface area contributed by atoms with Crippen LogP contribution in [0.1, 0.15) is 51.2 Å². The fraction of sp³-hybridized carbons (Fsp3) is 0.667. The van der Waals surface area contributed by atoms with Gasteiger partial charge in [-0.15, -0.1) is 0 Å². The van der Waals surface area contributed by atoms with Crippen molar-refractivity contribution in [1.29, 1.82) is 0 Å². The highest BCUT2D eigenvalue weighted by Gasteiger charge is 2.32. The van der Waals surface area contributed by atoms with Gasteiger partial charge in [0.05, 0.1) is 11.9 Å². The Morgan fingerprint density at radius 2 is 1.70 bits per heavy atom. The summed E-state index contributed by atoms with van der Waals surface area (Å²) in [7, 11) is -3.17. The Labute approximate surface area is 140 Å². The van der Waals surface area contributed by atoms with Crippen LogP contribution in [0, 0.1) is 11.8 Å². The largest absolute Gasteiger partial charge is 0.388 e. The van der Waals surface area contributed by atoms with E-state index in [1.54, 1.807) is 4.31 Å². The highest BCUT2D eigenvalue weighted by atomic mass is 32.2. The Kier molecular flexibility index (Phi) is 6.62. The third-order valence-corrected chi connectivity index (χ3v) is 7.13. The highest BCUT2D eigenvalue weighted by Crippen LogP contribution is 2.31. The molecule has 5 heteroatoms. The van der Waals surface area contributed by atoms with Gasteiger partial charge in [0.15, 0.2) is 0 Å². The van der Waals surface area contributed by atoms with Crippen molar-refractivity contribution in [2.24, 2.45) is 11.8 Å². The van der Waals surface area contributed by atoms with Gasteiger partial charge in [-0.1, -0.05) is 57.0 Å². The van der Waals surface area contributed by atoms with E-state index in [2.05, 4.69) is 0 Å². The van der Waals surface area contributed by atoms with Crippen LogP contribution >= 0.6 is 0 Å². The summed E-state index contributed by atoms with van der Waals surface area (Å²) in [6.45, 7) is 5.15. The zero-order chi connectivity index (χ0) is 16.9. The second-order valence-electron chi connectivity index (χ2n) is 6.55. The van der Waals surface area contributed by atoms with E-state index in [4.69, 9.17) is 0 Å². The van der Waals surface area contributed by atoms with Crippen molar-refractivity contribution in [3.8, 4) is 0 Å². The van der Waals surface area contributed by atoms with Crippen LogP contribution in [0.2, 0.25) is 0 Å². The Balaban J connectivity index is 1.93. The van der Waals surface area contributed by atoms with Crippen molar-refractivity contribution in [1.82, 2.24) is 4.31 Å². The van der Waals surface area contributed by atoms with Gasteiger partial charge < -0.3 is 5.11 Å². The average Bonchev–Trinajstić information content (AvgIpc) is 2.60. The SMILES string of the molecule is CCC(CC)CS(=O)(=O)N1CCC(C(O)c2ccccc2)CC1. The second kappa shape index (κ2) is 8.27. The van der Waals surface area contributed by atoms with E-state index in [1.165, 1.54) is 0 Å². The monoisotopic (exact) mass is 339 g/mol. The standard InChI is InChI=1S/C18H29NO3S/c1-3-15(4-2)14-23(21,22)19-12-10-17(11-13-19)18(20)16-8-6-5-7-9-16/h5-9,15,17-18,20H,3-4,10-14H2,1-2H3. The molecule has 4 nitrogen and oxygen atoms in total. The van der Waals surface area contributed by atoms with Crippen molar-refractivity contribution in [3.05, 3.63) is 35.9 Å². The molecule has 1 aromatic carbocycles. The number of aliphatic hydroxyl groups excluding tert-OH is 1. The molecule has 1 fully saturated rings. The summed E-state index contributed by atoms with van der Waals surface area (Å²) in [5.41, 5.74) is 0.922. The van der Waals surface area contributed by atoms with E-state index in [0.717, 1.165) is 31.2 Å². The van der Waals surface area contributed by atoms with Gasteiger partial charge in [-0.3, -0.25) is 0 Å². The predicted molar refractivity (Wildman–Crippen MR) is 93.6 cm³/mol. The lowest BCUT2D eigenvalue weighted by Gasteiger charge is -2.34. The molecule has 1 aliphatic rings. The van der Waals surface area contributed by atoms with E-state index < -0.39 is 16.1 Å². The maximum atomic E-state index is 12.5. The van der Waals surface area contributed by atoms with E-state index in [-0.39, 0.29) is 17.6 Å². The van der Waals surface area contributed by atoms with E-state index in [0.29, 0.717) is 13.1 Å². The Morgan fingerprint density at radius 3 is 2.22 bits per heavy atom. The van der Waals surface area contributed by atoms with Crippen LogP contribution in [0.4, 0.5) is 0 Å². The molecule has 1 aromatic rings. The molecule has 1 N–H and O–H groups in total. The Hall–Kier alpha value is -0.910. The van der Waals surface area contributed by atoms with Gasteiger partial charge >= 0.3 is 0 Å². The van der Waals surface area contributed by atoms with Gasteiger partial charge in [0.1, 0.15) is 0 Å². The zero-order valence-corrected chi connectivity index (χ0v) is 15.0. The number of hydrogen-bond donors (Lipinski definition) is 1. The minimum atomic E-state index is -3.17. The van der Waals surface area contributed by atoms with Gasteiger partial charge in [-0.2, -0.15) is 0 Å². The molecule has 1 unspecified atom stereocenters. The van der Waals surface area contributed by atoms with E-state index >= 15 is 0 Å². The van der Waals surface area contributed by atoms with Gasteiger partial charge in [0, 0.05) is 13.1 Å². The molecule has 0 bridgehead atoms. The molecule has 0 saturated carbocycles. The van der Waals surface area contributed by atoms with Gasteiger partial charge in [0.25, 0.3) is 0 Å². The lowest BCUT2D eigenvalue weighted by Crippen LogP contribution is -2.42. The number of rotatable bonds is 7. The first-order valence-electron chi connectivity index (χ1n) is 8.68. The number of piperidine rings is 1. The molecule has 0 aliphatic carbocycles. The third-order valence-electron chi connectivity index (χ3n) is 5.08. The molecule has 1 aliphatic heterocycles. The number of hydrogen-bond acceptors (Lipinski definition) is 3. The van der Waals surface area contributed by atoms with Gasteiger partial charge in [0.2, 0.25) is 10.0 Å². The summed E-state index contributed by atoms with van der Waals surface area (Å²) in [5.74, 6) is 0.635. The molecule has 0 aromatic heterocycles. The fourth-order valence-corrected chi connectivity index (χ4v) is 5.36. The third kappa shape index (κ3) is 4.78. The summed E-state index contributed by atoms with van der Waals surface area (Å²) in [5, 5.41) is 10.5. The minimum absolute atomic E-state index is 0.136. The second-order valence-corrected chi connectivity index (χ2v) is 8.57. The number of benzene rings is 1. The summed E-state index contributed by atoms with van der Waals surface area (Å²) in [6.07, 6.45) is 2.74. The van der Waals surface area contributed by atoms with Crippen LogP contribution in [-0.2, 0) is 10.0 Å². The minimum Gasteiger partial charge on any atom is -0.388 e. The van der Waals surface area contributed by atoms with Crippen molar-refractivity contribution >= 4 is 10.0 Å². The molecule has 130 valence electrons. The molecule has 1 saturated heterocycles. The van der Waals surface area contributed by atoms with Crippen molar-refractivity contribution in [2.45, 2.75) is 45.6 Å². The Bertz CT molecular complexity index is 561. The lowest BCUT2D eigenvalue weighted by atomic mass is 9.88. The molecule has 2 rings (SSSR count). The van der Waals surface area contributed by atoms with Gasteiger partial charge in [-0.25, -0.2) is 12.7 Å². The van der Waals surface area contributed by atoms with Gasteiger partial charge in [-0.05, 0) is 30.2 Å². The van der Waals surface area contributed by atoms with E-state index in [9.17, 15) is 13.5 Å². The Morgan fingerprint density at radius 1 is 1.13 bits per heavy atom. The van der Waals surface area contributed by atoms with Crippen molar-refractivity contribution in [3.63, 3.8) is 0 Å². The van der Waals surface area contributed by atoms with Crippen LogP contribution in [0.15, 0.2) is 30.3 Å². The number of aliphatic hydroxyl groups is 1. The van der Waals surface area contributed by atoms with Crippen LogP contribution in [-0.4, -0.2) is 36.7 Å².